The molecule has 0 saturated carbocycles. The summed E-state index contributed by atoms with van der Waals surface area (Å²) in [5.41, 5.74) is 0.666. The number of anilines is 1. The molecule has 22 heavy (non-hydrogen) atoms. The molecule has 0 spiro atoms. The number of benzene rings is 1. The van der Waals surface area contributed by atoms with Crippen LogP contribution in [0.2, 0.25) is 0 Å². The first-order chi connectivity index (χ1) is 10.6. The maximum atomic E-state index is 12.0. The molecule has 0 heterocycles. The van der Waals surface area contributed by atoms with Gasteiger partial charge in [-0.05, 0) is 38.1 Å². The zero-order chi connectivity index (χ0) is 16.4. The first-order valence-corrected chi connectivity index (χ1v) is 7.12. The van der Waals surface area contributed by atoms with Gasteiger partial charge >= 0.3 is 0 Å². The van der Waals surface area contributed by atoms with E-state index >= 15 is 0 Å². The highest BCUT2D eigenvalue weighted by atomic mass is 16.5. The van der Waals surface area contributed by atoms with Gasteiger partial charge in [0.05, 0.1) is 7.11 Å². The lowest BCUT2D eigenvalue weighted by atomic mass is 10.3. The number of rotatable bonds is 7. The van der Waals surface area contributed by atoms with Gasteiger partial charge in [-0.3, -0.25) is 9.59 Å². The lowest BCUT2D eigenvalue weighted by Gasteiger charge is -2.18. The molecule has 0 aliphatic heterocycles. The first-order valence-electron chi connectivity index (χ1n) is 7.12. The average molecular weight is 302 g/mol. The molecule has 0 aliphatic rings. The van der Waals surface area contributed by atoms with Crippen LogP contribution in [0.5, 0.6) is 5.75 Å². The molecule has 1 aromatic carbocycles. The number of carbonyl (C=O) groups excluding carboxylic acids is 2. The molecule has 0 radical (unpaired) electrons. The molecule has 1 N–H and O–H groups in total. The summed E-state index contributed by atoms with van der Waals surface area (Å²) in [6, 6.07) is 7.03. The second-order valence-corrected chi connectivity index (χ2v) is 4.51. The summed E-state index contributed by atoms with van der Waals surface area (Å²) in [5, 5.41) is 2.75. The minimum absolute atomic E-state index is 0.0154. The number of likely N-dealkylation sites (N-methyl/N-ethyl adjacent to an activating group) is 1. The van der Waals surface area contributed by atoms with Crippen LogP contribution in [0.25, 0.3) is 0 Å². The summed E-state index contributed by atoms with van der Waals surface area (Å²) >= 11 is 0. The van der Waals surface area contributed by atoms with E-state index in [0.717, 1.165) is 5.75 Å². The highest BCUT2D eigenvalue weighted by molar-refractivity contribution is 5.96. The summed E-state index contributed by atoms with van der Waals surface area (Å²) in [7, 11) is 1.58. The van der Waals surface area contributed by atoms with Gasteiger partial charge in [-0.1, -0.05) is 18.2 Å². The second kappa shape index (κ2) is 9.39. The summed E-state index contributed by atoms with van der Waals surface area (Å²) < 4.78 is 5.06. The van der Waals surface area contributed by atoms with Gasteiger partial charge < -0.3 is 15.0 Å². The summed E-state index contributed by atoms with van der Waals surface area (Å²) in [6.07, 6.45) is 6.70. The number of carbonyl (C=O) groups is 2. The first kappa shape index (κ1) is 17.5. The van der Waals surface area contributed by atoms with E-state index in [1.54, 1.807) is 43.5 Å². The Bertz CT molecular complexity index is 548. The third-order valence-corrected chi connectivity index (χ3v) is 2.94. The van der Waals surface area contributed by atoms with Crippen molar-refractivity contribution in [2.45, 2.75) is 13.8 Å². The minimum atomic E-state index is -0.236. The molecule has 1 aromatic rings. The molecule has 118 valence electrons. The molecule has 0 saturated heterocycles. The molecule has 0 aromatic heterocycles. The van der Waals surface area contributed by atoms with E-state index in [-0.39, 0.29) is 18.4 Å². The smallest absolute Gasteiger partial charge is 0.247 e. The Hall–Kier alpha value is -2.56. The molecular formula is C17H22N2O3. The van der Waals surface area contributed by atoms with Crippen LogP contribution in [0, 0.1) is 0 Å². The van der Waals surface area contributed by atoms with E-state index in [4.69, 9.17) is 4.74 Å². The largest absolute Gasteiger partial charge is 0.497 e. The number of nitrogens with one attached hydrogen (secondary N) is 1. The van der Waals surface area contributed by atoms with Gasteiger partial charge in [0, 0.05) is 18.3 Å². The number of hydrogen-bond acceptors (Lipinski definition) is 3. The molecular weight excluding hydrogens is 280 g/mol. The van der Waals surface area contributed by atoms with Crippen molar-refractivity contribution in [3.8, 4) is 5.75 Å². The van der Waals surface area contributed by atoms with Crippen molar-refractivity contribution in [3.63, 3.8) is 0 Å². The van der Waals surface area contributed by atoms with Gasteiger partial charge in [0.2, 0.25) is 11.8 Å². The summed E-state index contributed by atoms with van der Waals surface area (Å²) in [5.74, 6) is 0.294. The third-order valence-electron chi connectivity index (χ3n) is 2.94. The number of hydrogen-bond donors (Lipinski definition) is 1. The Labute approximate surface area is 131 Å². The fourth-order valence-electron chi connectivity index (χ4n) is 1.75. The Morgan fingerprint density at radius 2 is 1.91 bits per heavy atom. The topological polar surface area (TPSA) is 58.6 Å². The van der Waals surface area contributed by atoms with Crippen molar-refractivity contribution >= 4 is 17.5 Å². The van der Waals surface area contributed by atoms with Crippen molar-refractivity contribution in [3.05, 3.63) is 48.6 Å². The predicted molar refractivity (Wildman–Crippen MR) is 87.8 cm³/mol. The van der Waals surface area contributed by atoms with Crippen molar-refractivity contribution in [2.24, 2.45) is 0 Å². The van der Waals surface area contributed by atoms with Gasteiger partial charge in [-0.2, -0.15) is 0 Å². The number of ether oxygens (including phenoxy) is 1. The van der Waals surface area contributed by atoms with E-state index in [2.05, 4.69) is 5.32 Å². The lowest BCUT2D eigenvalue weighted by molar-refractivity contribution is -0.130. The predicted octanol–water partition coefficient (Wildman–Crippen LogP) is 2.61. The number of amides is 2. The zero-order valence-electron chi connectivity index (χ0n) is 13.2. The quantitative estimate of drug-likeness (QED) is 0.622. The van der Waals surface area contributed by atoms with Crippen LogP contribution in [0.3, 0.4) is 0 Å². The molecule has 5 nitrogen and oxygen atoms in total. The maximum Gasteiger partial charge on any atom is 0.247 e. The third kappa shape index (κ3) is 5.83. The van der Waals surface area contributed by atoms with Crippen molar-refractivity contribution in [2.75, 3.05) is 25.5 Å². The van der Waals surface area contributed by atoms with Gasteiger partial charge in [0.1, 0.15) is 12.3 Å². The normalized spacial score (nSPS) is 10.9. The SMILES string of the molecule is C/C=C/C=C/C(=O)N(CC)CC(=O)Nc1ccc(OC)cc1. The van der Waals surface area contributed by atoms with Crippen LogP contribution in [0.4, 0.5) is 5.69 Å². The van der Waals surface area contributed by atoms with Gasteiger partial charge in [-0.25, -0.2) is 0 Å². The molecule has 0 atom stereocenters. The van der Waals surface area contributed by atoms with Gasteiger partial charge in [-0.15, -0.1) is 0 Å². The van der Waals surface area contributed by atoms with E-state index in [0.29, 0.717) is 12.2 Å². The Balaban J connectivity index is 2.58. The zero-order valence-corrected chi connectivity index (χ0v) is 13.2. The van der Waals surface area contributed by atoms with Crippen LogP contribution < -0.4 is 10.1 Å². The van der Waals surface area contributed by atoms with Crippen molar-refractivity contribution in [1.82, 2.24) is 4.90 Å². The molecule has 0 unspecified atom stereocenters. The van der Waals surface area contributed by atoms with Crippen LogP contribution in [-0.2, 0) is 9.59 Å². The van der Waals surface area contributed by atoms with Gasteiger partial charge in [0.25, 0.3) is 0 Å². The monoisotopic (exact) mass is 302 g/mol. The van der Waals surface area contributed by atoms with Crippen molar-refractivity contribution in [1.29, 1.82) is 0 Å². The minimum Gasteiger partial charge on any atom is -0.497 e. The maximum absolute atomic E-state index is 12.0. The van der Waals surface area contributed by atoms with E-state index in [1.807, 2.05) is 19.9 Å². The van der Waals surface area contributed by atoms with Crippen LogP contribution in [0.1, 0.15) is 13.8 Å². The molecule has 0 aliphatic carbocycles. The highest BCUT2D eigenvalue weighted by Crippen LogP contribution is 2.14. The van der Waals surface area contributed by atoms with Crippen LogP contribution in [0.15, 0.2) is 48.6 Å². The number of nitrogens with zero attached hydrogens (tertiary/aromatic N) is 1. The van der Waals surface area contributed by atoms with E-state index in [1.165, 1.54) is 11.0 Å². The standard InChI is InChI=1S/C17H22N2O3/c1-4-6-7-8-17(21)19(5-2)13-16(20)18-14-9-11-15(22-3)12-10-14/h4,6-12H,5,13H2,1-3H3,(H,18,20)/b6-4+,8-7+. The Morgan fingerprint density at radius 1 is 1.23 bits per heavy atom. The van der Waals surface area contributed by atoms with Crippen molar-refractivity contribution < 1.29 is 14.3 Å². The fourth-order valence-corrected chi connectivity index (χ4v) is 1.75. The highest BCUT2D eigenvalue weighted by Gasteiger charge is 2.13. The molecule has 2 amide bonds. The second-order valence-electron chi connectivity index (χ2n) is 4.51. The molecule has 0 fully saturated rings. The number of methoxy groups -OCH3 is 1. The van der Waals surface area contributed by atoms with Crippen LogP contribution in [-0.4, -0.2) is 36.9 Å². The summed E-state index contributed by atoms with van der Waals surface area (Å²) in [6.45, 7) is 4.19. The molecule has 0 bridgehead atoms. The lowest BCUT2D eigenvalue weighted by Crippen LogP contribution is -2.36. The van der Waals surface area contributed by atoms with E-state index in [9.17, 15) is 9.59 Å². The Morgan fingerprint density at radius 3 is 2.45 bits per heavy atom. The average Bonchev–Trinajstić information content (AvgIpc) is 2.53. The van der Waals surface area contributed by atoms with Gasteiger partial charge in [0.15, 0.2) is 0 Å². The summed E-state index contributed by atoms with van der Waals surface area (Å²) in [4.78, 5) is 25.4. The molecule has 5 heteroatoms. The number of allylic oxidation sites excluding steroid dienone is 3. The fraction of sp³-hybridized carbons (Fsp3) is 0.294. The molecule has 1 rings (SSSR count). The van der Waals surface area contributed by atoms with E-state index < -0.39 is 0 Å². The van der Waals surface area contributed by atoms with Crippen LogP contribution >= 0.6 is 0 Å². The Kier molecular flexibility index (Phi) is 7.47.